The van der Waals surface area contributed by atoms with E-state index in [9.17, 15) is 4.39 Å². The second kappa shape index (κ2) is 2.65. The van der Waals surface area contributed by atoms with Gasteiger partial charge in [0.2, 0.25) is 5.82 Å². The molecule has 0 spiro atoms. The third-order valence-electron chi connectivity index (χ3n) is 1.30. The highest BCUT2D eigenvalue weighted by atomic mass is 19.1. The first-order valence-electron chi connectivity index (χ1n) is 3.21. The summed E-state index contributed by atoms with van der Waals surface area (Å²) in [5.41, 5.74) is 0.365. The summed E-state index contributed by atoms with van der Waals surface area (Å²) in [5, 5.41) is 12.9. The summed E-state index contributed by atoms with van der Waals surface area (Å²) >= 11 is 0. The van der Waals surface area contributed by atoms with E-state index in [1.54, 1.807) is 0 Å². The Bertz CT molecular complexity index is 371. The molecule has 0 aliphatic rings. The normalized spacial score (nSPS) is 10.1. The molecule has 0 atom stereocenters. The minimum atomic E-state index is -0.371. The molecule has 0 unspecified atom stereocenters. The number of hydrogen-bond donors (Lipinski definition) is 1. The molecule has 2 rings (SSSR count). The summed E-state index contributed by atoms with van der Waals surface area (Å²) in [6.07, 6.45) is 1.35. The fraction of sp³-hybridized carbons (Fsp3) is 0. The van der Waals surface area contributed by atoms with Crippen LogP contribution in [0.25, 0.3) is 11.5 Å². The number of halogens is 1. The summed E-state index contributed by atoms with van der Waals surface area (Å²) in [5.74, 6) is -0.0840. The fourth-order valence-corrected chi connectivity index (χ4v) is 0.797. The van der Waals surface area contributed by atoms with Crippen molar-refractivity contribution in [2.24, 2.45) is 0 Å². The first-order chi connectivity index (χ1) is 5.86. The van der Waals surface area contributed by atoms with Gasteiger partial charge in [0, 0.05) is 12.3 Å². The van der Waals surface area contributed by atoms with Crippen LogP contribution in [0.2, 0.25) is 0 Å². The molecule has 2 aromatic rings. The monoisotopic (exact) mass is 165 g/mol. The lowest BCUT2D eigenvalue weighted by Crippen LogP contribution is -1.86. The number of tetrazole rings is 1. The van der Waals surface area contributed by atoms with Crippen LogP contribution in [0.3, 0.4) is 0 Å². The molecule has 0 aliphatic heterocycles. The van der Waals surface area contributed by atoms with Gasteiger partial charge in [-0.3, -0.25) is 4.98 Å². The van der Waals surface area contributed by atoms with E-state index in [0.29, 0.717) is 5.69 Å². The van der Waals surface area contributed by atoms with Crippen LogP contribution in [0.15, 0.2) is 18.3 Å². The van der Waals surface area contributed by atoms with Crippen LogP contribution in [0, 0.1) is 5.82 Å². The predicted octanol–water partition coefficient (Wildman–Crippen LogP) is 0.401. The predicted molar refractivity (Wildman–Crippen MR) is 37.4 cm³/mol. The van der Waals surface area contributed by atoms with Crippen LogP contribution in [0.5, 0.6) is 0 Å². The second-order valence-electron chi connectivity index (χ2n) is 2.09. The molecule has 6 heteroatoms. The topological polar surface area (TPSA) is 67.3 Å². The lowest BCUT2D eigenvalue weighted by molar-refractivity contribution is 0.626. The van der Waals surface area contributed by atoms with E-state index >= 15 is 0 Å². The number of H-pyrrole nitrogens is 1. The molecule has 0 aliphatic carbocycles. The average molecular weight is 165 g/mol. The molecule has 0 bridgehead atoms. The summed E-state index contributed by atoms with van der Waals surface area (Å²) < 4.78 is 12.6. The number of aromatic nitrogens is 5. The smallest absolute Gasteiger partial charge is 0.223 e. The molecule has 12 heavy (non-hydrogen) atoms. The molecule has 0 aromatic carbocycles. The van der Waals surface area contributed by atoms with Crippen LogP contribution in [-0.4, -0.2) is 25.6 Å². The van der Waals surface area contributed by atoms with E-state index in [2.05, 4.69) is 25.6 Å². The minimum absolute atomic E-state index is 0.287. The highest BCUT2D eigenvalue weighted by Gasteiger charge is 2.03. The summed E-state index contributed by atoms with van der Waals surface area (Å²) in [7, 11) is 0. The Morgan fingerprint density at radius 2 is 2.33 bits per heavy atom. The van der Waals surface area contributed by atoms with Gasteiger partial charge in [0.05, 0.1) is 0 Å². The number of aromatic amines is 1. The van der Waals surface area contributed by atoms with Crippen LogP contribution >= 0.6 is 0 Å². The van der Waals surface area contributed by atoms with Crippen molar-refractivity contribution < 1.29 is 4.39 Å². The van der Waals surface area contributed by atoms with Gasteiger partial charge in [-0.15, -0.1) is 10.2 Å². The second-order valence-corrected chi connectivity index (χ2v) is 2.09. The molecular weight excluding hydrogens is 161 g/mol. The molecule has 0 saturated heterocycles. The number of rotatable bonds is 1. The molecule has 0 fully saturated rings. The zero-order valence-electron chi connectivity index (χ0n) is 5.90. The van der Waals surface area contributed by atoms with Crippen molar-refractivity contribution in [3.05, 3.63) is 24.1 Å². The van der Waals surface area contributed by atoms with Gasteiger partial charge in [0.15, 0.2) is 0 Å². The van der Waals surface area contributed by atoms with Crippen molar-refractivity contribution >= 4 is 0 Å². The third kappa shape index (κ3) is 1.14. The van der Waals surface area contributed by atoms with Gasteiger partial charge in [-0.2, -0.15) is 5.21 Å². The lowest BCUT2D eigenvalue weighted by atomic mass is 10.3. The Balaban J connectivity index is 2.48. The Hall–Kier alpha value is -1.85. The van der Waals surface area contributed by atoms with Crippen LogP contribution < -0.4 is 0 Å². The molecule has 0 amide bonds. The Morgan fingerprint density at radius 3 is 3.00 bits per heavy atom. The van der Waals surface area contributed by atoms with E-state index in [-0.39, 0.29) is 11.6 Å². The van der Waals surface area contributed by atoms with E-state index in [0.717, 1.165) is 0 Å². The molecule has 2 aromatic heterocycles. The van der Waals surface area contributed by atoms with Gasteiger partial charge >= 0.3 is 0 Å². The van der Waals surface area contributed by atoms with Crippen molar-refractivity contribution in [2.75, 3.05) is 0 Å². The summed E-state index contributed by atoms with van der Waals surface area (Å²) in [4.78, 5) is 3.86. The first kappa shape index (κ1) is 6.84. The third-order valence-corrected chi connectivity index (χ3v) is 1.30. The Morgan fingerprint density at radius 1 is 1.42 bits per heavy atom. The van der Waals surface area contributed by atoms with E-state index < -0.39 is 0 Å². The van der Waals surface area contributed by atoms with E-state index in [1.807, 2.05) is 0 Å². The van der Waals surface area contributed by atoms with Crippen molar-refractivity contribution in [1.29, 1.82) is 0 Å². The molecule has 0 saturated carbocycles. The molecule has 1 N–H and O–H groups in total. The maximum absolute atomic E-state index is 12.6. The standard InChI is InChI=1S/C6H4FN5/c7-4-1-2-8-5(3-4)6-9-11-12-10-6/h1-3H,(H,9,10,11,12). The fourth-order valence-electron chi connectivity index (χ4n) is 0.797. The quantitative estimate of drug-likeness (QED) is 0.664. The van der Waals surface area contributed by atoms with Gasteiger partial charge < -0.3 is 0 Å². The largest absolute Gasteiger partial charge is 0.253 e. The van der Waals surface area contributed by atoms with Gasteiger partial charge in [-0.25, -0.2) is 4.39 Å². The Labute approximate surface area is 66.6 Å². The van der Waals surface area contributed by atoms with E-state index in [1.165, 1.54) is 18.3 Å². The number of hydrogen-bond acceptors (Lipinski definition) is 4. The van der Waals surface area contributed by atoms with Crippen LogP contribution in [-0.2, 0) is 0 Å². The van der Waals surface area contributed by atoms with E-state index in [4.69, 9.17) is 0 Å². The zero-order valence-corrected chi connectivity index (χ0v) is 5.90. The number of pyridine rings is 1. The van der Waals surface area contributed by atoms with Crippen molar-refractivity contribution in [3.8, 4) is 11.5 Å². The summed E-state index contributed by atoms with van der Waals surface area (Å²) in [6.45, 7) is 0. The molecule has 0 radical (unpaired) electrons. The number of nitrogens with one attached hydrogen (secondary N) is 1. The maximum Gasteiger partial charge on any atom is 0.223 e. The SMILES string of the molecule is Fc1ccnc(-c2nn[nH]n2)c1. The molecule has 60 valence electrons. The molecular formula is C6H4FN5. The van der Waals surface area contributed by atoms with Crippen molar-refractivity contribution in [2.45, 2.75) is 0 Å². The average Bonchev–Trinajstić information content (AvgIpc) is 2.56. The van der Waals surface area contributed by atoms with Crippen LogP contribution in [0.1, 0.15) is 0 Å². The Kier molecular flexibility index (Phi) is 1.51. The molecule has 2 heterocycles. The number of nitrogens with zero attached hydrogens (tertiary/aromatic N) is 4. The minimum Gasteiger partial charge on any atom is -0.253 e. The molecule has 5 nitrogen and oxygen atoms in total. The van der Waals surface area contributed by atoms with Crippen molar-refractivity contribution in [1.82, 2.24) is 25.6 Å². The highest BCUT2D eigenvalue weighted by molar-refractivity contribution is 5.46. The van der Waals surface area contributed by atoms with Gasteiger partial charge in [0.25, 0.3) is 0 Å². The van der Waals surface area contributed by atoms with Gasteiger partial charge in [-0.1, -0.05) is 0 Å². The van der Waals surface area contributed by atoms with Crippen LogP contribution in [0.4, 0.5) is 4.39 Å². The summed E-state index contributed by atoms with van der Waals surface area (Å²) in [6, 6.07) is 2.49. The zero-order chi connectivity index (χ0) is 8.39. The van der Waals surface area contributed by atoms with Gasteiger partial charge in [-0.05, 0) is 11.3 Å². The maximum atomic E-state index is 12.6. The van der Waals surface area contributed by atoms with Gasteiger partial charge in [0.1, 0.15) is 11.5 Å². The first-order valence-corrected chi connectivity index (χ1v) is 3.21. The highest BCUT2D eigenvalue weighted by Crippen LogP contribution is 2.09. The lowest BCUT2D eigenvalue weighted by Gasteiger charge is -1.91. The van der Waals surface area contributed by atoms with Crippen molar-refractivity contribution in [3.63, 3.8) is 0 Å².